The van der Waals surface area contributed by atoms with Crippen molar-refractivity contribution in [2.24, 2.45) is 0 Å². The third kappa shape index (κ3) is 5.12. The predicted molar refractivity (Wildman–Crippen MR) is 140 cm³/mol. The number of halogens is 1. The molecule has 6 nitrogen and oxygen atoms in total. The number of carbonyl (C=O) groups is 3. The van der Waals surface area contributed by atoms with Gasteiger partial charge in [-0.15, -0.1) is 0 Å². The van der Waals surface area contributed by atoms with E-state index in [1.54, 1.807) is 36.4 Å². The molecule has 0 bridgehead atoms. The van der Waals surface area contributed by atoms with Crippen LogP contribution >= 0.6 is 11.6 Å². The molecule has 0 atom stereocenters. The monoisotopic (exact) mass is 487 g/mol. The molecular weight excluding hydrogens is 462 g/mol. The number of nitrogens with one attached hydrogen (secondary N) is 2. The van der Waals surface area contributed by atoms with E-state index >= 15 is 0 Å². The molecule has 7 heteroatoms. The third-order valence-electron chi connectivity index (χ3n) is 5.86. The zero-order valence-electron chi connectivity index (χ0n) is 19.8. The van der Waals surface area contributed by atoms with Crippen LogP contribution in [0.2, 0.25) is 0 Å². The normalized spacial score (nSPS) is 13.6. The Morgan fingerprint density at radius 3 is 2.23 bits per heavy atom. The van der Waals surface area contributed by atoms with Crippen LogP contribution in [0.25, 0.3) is 0 Å². The van der Waals surface area contributed by atoms with Crippen LogP contribution in [0.1, 0.15) is 48.2 Å². The molecular formula is C28H26ClN3O3. The van der Waals surface area contributed by atoms with Crippen LogP contribution in [0.15, 0.2) is 83.5 Å². The molecule has 35 heavy (non-hydrogen) atoms. The van der Waals surface area contributed by atoms with E-state index < -0.39 is 11.8 Å². The number of hydrogen-bond donors (Lipinski definition) is 2. The molecule has 0 aliphatic carbocycles. The first kappa shape index (κ1) is 24.2. The second-order valence-corrected chi connectivity index (χ2v) is 8.97. The maximum absolute atomic E-state index is 13.1. The molecule has 0 spiro atoms. The first-order valence-electron chi connectivity index (χ1n) is 11.4. The van der Waals surface area contributed by atoms with Crippen LogP contribution in [0.3, 0.4) is 0 Å². The molecule has 4 rings (SSSR count). The van der Waals surface area contributed by atoms with Crippen LogP contribution in [0, 0.1) is 0 Å². The van der Waals surface area contributed by atoms with Gasteiger partial charge >= 0.3 is 0 Å². The number of imide groups is 1. The van der Waals surface area contributed by atoms with Crippen molar-refractivity contribution in [2.45, 2.75) is 33.1 Å². The minimum Gasteiger partial charge on any atom is -0.350 e. The van der Waals surface area contributed by atoms with Crippen molar-refractivity contribution in [3.05, 3.63) is 100 Å². The van der Waals surface area contributed by atoms with Gasteiger partial charge in [-0.05, 0) is 65.9 Å². The highest BCUT2D eigenvalue weighted by Gasteiger charge is 2.39. The topological polar surface area (TPSA) is 78.5 Å². The van der Waals surface area contributed by atoms with E-state index in [1.807, 2.05) is 36.4 Å². The van der Waals surface area contributed by atoms with Gasteiger partial charge in [0.25, 0.3) is 17.7 Å². The Morgan fingerprint density at radius 2 is 1.60 bits per heavy atom. The van der Waals surface area contributed by atoms with E-state index in [1.165, 1.54) is 5.56 Å². The number of nitrogens with zero attached hydrogens (tertiary/aromatic N) is 1. The lowest BCUT2D eigenvalue weighted by atomic mass is 10.0. The molecule has 3 amide bonds. The Hall–Kier alpha value is -3.90. The van der Waals surface area contributed by atoms with Gasteiger partial charge in [0.1, 0.15) is 10.7 Å². The summed E-state index contributed by atoms with van der Waals surface area (Å²) in [6.45, 7) is 6.20. The van der Waals surface area contributed by atoms with Gasteiger partial charge in [0, 0.05) is 16.9 Å². The number of amides is 3. The molecule has 178 valence electrons. The van der Waals surface area contributed by atoms with Crippen LogP contribution in [0.5, 0.6) is 0 Å². The van der Waals surface area contributed by atoms with Gasteiger partial charge in [0.15, 0.2) is 0 Å². The summed E-state index contributed by atoms with van der Waals surface area (Å²) >= 11 is 6.26. The van der Waals surface area contributed by atoms with Gasteiger partial charge in [0.2, 0.25) is 0 Å². The molecule has 0 radical (unpaired) electrons. The zero-order chi connectivity index (χ0) is 25.1. The summed E-state index contributed by atoms with van der Waals surface area (Å²) in [4.78, 5) is 39.6. The van der Waals surface area contributed by atoms with Crippen molar-refractivity contribution >= 4 is 46.4 Å². The van der Waals surface area contributed by atoms with Crippen LogP contribution < -0.4 is 15.5 Å². The number of anilines is 3. The van der Waals surface area contributed by atoms with E-state index in [-0.39, 0.29) is 16.6 Å². The lowest BCUT2D eigenvalue weighted by Gasteiger charge is -2.16. The summed E-state index contributed by atoms with van der Waals surface area (Å²) in [5.74, 6) is -1.11. The fourth-order valence-electron chi connectivity index (χ4n) is 3.76. The highest BCUT2D eigenvalue weighted by atomic mass is 35.5. The van der Waals surface area contributed by atoms with Crippen molar-refractivity contribution in [3.8, 4) is 0 Å². The molecule has 0 saturated heterocycles. The molecule has 3 aromatic rings. The Kier molecular flexibility index (Phi) is 7.03. The van der Waals surface area contributed by atoms with Crippen molar-refractivity contribution in [1.29, 1.82) is 0 Å². The second-order valence-electron chi connectivity index (χ2n) is 8.59. The molecule has 2 N–H and O–H groups in total. The van der Waals surface area contributed by atoms with Crippen LogP contribution in [-0.4, -0.2) is 17.7 Å². The van der Waals surface area contributed by atoms with Crippen LogP contribution in [-0.2, 0) is 16.0 Å². The second kappa shape index (κ2) is 10.2. The maximum atomic E-state index is 13.1. The lowest BCUT2D eigenvalue weighted by molar-refractivity contribution is -0.120. The molecule has 0 aromatic heterocycles. The number of rotatable bonds is 7. The van der Waals surface area contributed by atoms with Gasteiger partial charge in [0.05, 0.1) is 5.69 Å². The van der Waals surface area contributed by atoms with Gasteiger partial charge in [-0.1, -0.05) is 62.7 Å². The molecule has 0 unspecified atom stereocenters. The minimum atomic E-state index is -0.596. The quantitative estimate of drug-likeness (QED) is 0.397. The molecule has 1 aliphatic rings. The van der Waals surface area contributed by atoms with E-state index in [0.29, 0.717) is 28.5 Å². The fraction of sp³-hybridized carbons (Fsp3) is 0.179. The summed E-state index contributed by atoms with van der Waals surface area (Å²) < 4.78 is 0. The molecule has 0 fully saturated rings. The number of benzene rings is 3. The highest BCUT2D eigenvalue weighted by molar-refractivity contribution is 6.53. The van der Waals surface area contributed by atoms with Crippen molar-refractivity contribution in [1.82, 2.24) is 0 Å². The summed E-state index contributed by atoms with van der Waals surface area (Å²) in [6.07, 6.45) is 0.919. The Balaban J connectivity index is 1.50. The summed E-state index contributed by atoms with van der Waals surface area (Å²) in [5, 5.41) is 5.59. The molecule has 1 heterocycles. The Morgan fingerprint density at radius 1 is 0.914 bits per heavy atom. The van der Waals surface area contributed by atoms with Gasteiger partial charge in [-0.25, -0.2) is 4.90 Å². The standard InChI is InChI=1S/C28H26ClN3O3/c1-4-18-8-12-21(13-9-18)31-26(33)20-6-5-7-22(16-20)30-25-24(29)27(34)32(28(25)35)23-14-10-19(11-15-23)17(2)3/h5-17,30H,4H2,1-3H3,(H,31,33). The molecule has 0 saturated carbocycles. The summed E-state index contributed by atoms with van der Waals surface area (Å²) in [7, 11) is 0. The fourth-order valence-corrected chi connectivity index (χ4v) is 3.98. The van der Waals surface area contributed by atoms with Gasteiger partial charge < -0.3 is 10.6 Å². The van der Waals surface area contributed by atoms with Crippen LogP contribution in [0.4, 0.5) is 17.1 Å². The molecule has 1 aliphatic heterocycles. The highest BCUT2D eigenvalue weighted by Crippen LogP contribution is 2.31. The Bertz CT molecular complexity index is 1310. The first-order chi connectivity index (χ1) is 16.8. The lowest BCUT2D eigenvalue weighted by Crippen LogP contribution is -2.32. The average molecular weight is 488 g/mol. The largest absolute Gasteiger partial charge is 0.350 e. The number of hydrogen-bond acceptors (Lipinski definition) is 4. The number of carbonyl (C=O) groups excluding carboxylic acids is 3. The zero-order valence-corrected chi connectivity index (χ0v) is 20.5. The minimum absolute atomic E-state index is 0.0303. The van der Waals surface area contributed by atoms with Crippen molar-refractivity contribution in [2.75, 3.05) is 15.5 Å². The average Bonchev–Trinajstić information content (AvgIpc) is 3.07. The van der Waals surface area contributed by atoms with E-state index in [2.05, 4.69) is 31.4 Å². The summed E-state index contributed by atoms with van der Waals surface area (Å²) in [6, 6.07) is 21.5. The third-order valence-corrected chi connectivity index (χ3v) is 6.21. The van der Waals surface area contributed by atoms with Crippen molar-refractivity contribution < 1.29 is 14.4 Å². The Labute approximate surface area is 209 Å². The van der Waals surface area contributed by atoms with E-state index in [0.717, 1.165) is 16.9 Å². The first-order valence-corrected chi connectivity index (χ1v) is 11.8. The maximum Gasteiger partial charge on any atom is 0.283 e. The van der Waals surface area contributed by atoms with Gasteiger partial charge in [-0.3, -0.25) is 14.4 Å². The van der Waals surface area contributed by atoms with E-state index in [4.69, 9.17) is 11.6 Å². The van der Waals surface area contributed by atoms with Gasteiger partial charge in [-0.2, -0.15) is 0 Å². The smallest absolute Gasteiger partial charge is 0.283 e. The van der Waals surface area contributed by atoms with E-state index in [9.17, 15) is 14.4 Å². The number of aryl methyl sites for hydroxylation is 1. The SMILES string of the molecule is CCc1ccc(NC(=O)c2cccc(NC3=C(Cl)C(=O)N(c4ccc(C(C)C)cc4)C3=O)c2)cc1. The summed E-state index contributed by atoms with van der Waals surface area (Å²) in [5.41, 5.74) is 4.24. The predicted octanol–water partition coefficient (Wildman–Crippen LogP) is 6.06. The van der Waals surface area contributed by atoms with Crippen molar-refractivity contribution in [3.63, 3.8) is 0 Å². The molecule has 3 aromatic carbocycles.